The lowest BCUT2D eigenvalue weighted by molar-refractivity contribution is -0.139. The maximum atomic E-state index is 11.6. The molecular formula is C16H14BrN3O3. The number of carbonyl (C=O) groups is 2. The van der Waals surface area contributed by atoms with Crippen LogP contribution in [-0.4, -0.2) is 23.1 Å². The summed E-state index contributed by atoms with van der Waals surface area (Å²) in [5.41, 5.74) is 3.40. The number of benzene rings is 2. The van der Waals surface area contributed by atoms with Gasteiger partial charge in [0.1, 0.15) is 5.75 Å². The van der Waals surface area contributed by atoms with Crippen molar-refractivity contribution in [2.24, 2.45) is 5.10 Å². The van der Waals surface area contributed by atoms with Gasteiger partial charge in [0.15, 0.2) is 0 Å². The Labute approximate surface area is 141 Å². The molecule has 0 saturated carbocycles. The van der Waals surface area contributed by atoms with Crippen LogP contribution >= 0.6 is 15.9 Å². The van der Waals surface area contributed by atoms with Crippen LogP contribution in [0.1, 0.15) is 11.1 Å². The lowest BCUT2D eigenvalue weighted by atomic mass is 10.2. The van der Waals surface area contributed by atoms with E-state index in [1.807, 2.05) is 30.3 Å². The zero-order chi connectivity index (χ0) is 16.7. The standard InChI is InChI=1S/C16H14BrN3O3/c17-13-6-7-14(21)12(8-13)10-19-20-16(23)15(22)18-9-11-4-2-1-3-5-11/h1-8,10,21H,9H2,(H,18,22)(H,20,23)/b19-10-. The van der Waals surface area contributed by atoms with Gasteiger partial charge in [-0.25, -0.2) is 5.43 Å². The normalized spacial score (nSPS) is 10.5. The maximum Gasteiger partial charge on any atom is 0.329 e. The highest BCUT2D eigenvalue weighted by atomic mass is 79.9. The molecule has 0 heterocycles. The summed E-state index contributed by atoms with van der Waals surface area (Å²) in [6.07, 6.45) is 1.25. The summed E-state index contributed by atoms with van der Waals surface area (Å²) < 4.78 is 0.753. The smallest absolute Gasteiger partial charge is 0.329 e. The fourth-order valence-electron chi connectivity index (χ4n) is 1.70. The molecule has 0 saturated heterocycles. The van der Waals surface area contributed by atoms with Crippen molar-refractivity contribution in [3.05, 3.63) is 64.1 Å². The Hall–Kier alpha value is -2.67. The van der Waals surface area contributed by atoms with Gasteiger partial charge in [0.25, 0.3) is 0 Å². The summed E-state index contributed by atoms with van der Waals surface area (Å²) in [5.74, 6) is -1.66. The first-order valence-corrected chi connectivity index (χ1v) is 7.49. The van der Waals surface area contributed by atoms with E-state index in [1.165, 1.54) is 12.3 Å². The molecule has 3 N–H and O–H groups in total. The Morgan fingerprint density at radius 2 is 1.87 bits per heavy atom. The first-order chi connectivity index (χ1) is 11.1. The number of halogens is 1. The lowest BCUT2D eigenvalue weighted by Crippen LogP contribution is -2.37. The van der Waals surface area contributed by atoms with Crippen LogP contribution in [0, 0.1) is 0 Å². The van der Waals surface area contributed by atoms with Crippen LogP contribution in [0.15, 0.2) is 58.1 Å². The summed E-state index contributed by atoms with van der Waals surface area (Å²) in [4.78, 5) is 23.2. The summed E-state index contributed by atoms with van der Waals surface area (Å²) in [5, 5.41) is 15.8. The van der Waals surface area contributed by atoms with Gasteiger partial charge in [-0.2, -0.15) is 5.10 Å². The molecule has 0 aliphatic heterocycles. The molecule has 0 aromatic heterocycles. The molecule has 7 heteroatoms. The minimum Gasteiger partial charge on any atom is -0.507 e. The molecule has 2 aromatic rings. The predicted octanol–water partition coefficient (Wildman–Crippen LogP) is 1.92. The minimum absolute atomic E-state index is 0.0136. The third kappa shape index (κ3) is 5.23. The SMILES string of the molecule is O=C(NCc1ccccc1)C(=O)N/N=C\c1cc(Br)ccc1O. The second-order valence-corrected chi connectivity index (χ2v) is 5.49. The highest BCUT2D eigenvalue weighted by Gasteiger charge is 2.11. The van der Waals surface area contributed by atoms with Gasteiger partial charge in [-0.1, -0.05) is 46.3 Å². The van der Waals surface area contributed by atoms with Gasteiger partial charge in [0, 0.05) is 16.6 Å². The van der Waals surface area contributed by atoms with Gasteiger partial charge >= 0.3 is 11.8 Å². The fourth-order valence-corrected chi connectivity index (χ4v) is 2.08. The van der Waals surface area contributed by atoms with E-state index in [9.17, 15) is 14.7 Å². The Morgan fingerprint density at radius 3 is 2.61 bits per heavy atom. The van der Waals surface area contributed by atoms with Gasteiger partial charge in [-0.15, -0.1) is 0 Å². The molecule has 0 spiro atoms. The van der Waals surface area contributed by atoms with Gasteiger partial charge in [0.05, 0.1) is 6.21 Å². The van der Waals surface area contributed by atoms with E-state index in [4.69, 9.17) is 0 Å². The van der Waals surface area contributed by atoms with E-state index in [2.05, 4.69) is 31.8 Å². The molecule has 0 bridgehead atoms. The van der Waals surface area contributed by atoms with Crippen LogP contribution in [0.5, 0.6) is 5.75 Å². The summed E-state index contributed by atoms with van der Waals surface area (Å²) in [6, 6.07) is 14.0. The Balaban J connectivity index is 1.85. The average Bonchev–Trinajstić information content (AvgIpc) is 2.56. The molecule has 118 valence electrons. The van der Waals surface area contributed by atoms with E-state index >= 15 is 0 Å². The molecule has 0 radical (unpaired) electrons. The third-order valence-electron chi connectivity index (χ3n) is 2.86. The number of hydrogen-bond acceptors (Lipinski definition) is 4. The molecular weight excluding hydrogens is 362 g/mol. The minimum atomic E-state index is -0.883. The quantitative estimate of drug-likeness (QED) is 0.433. The summed E-state index contributed by atoms with van der Waals surface area (Å²) >= 11 is 3.26. The van der Waals surface area contributed by atoms with Crippen molar-refractivity contribution < 1.29 is 14.7 Å². The lowest BCUT2D eigenvalue weighted by Gasteiger charge is -2.04. The average molecular weight is 376 g/mol. The Bertz CT molecular complexity index is 733. The number of hydrazone groups is 1. The van der Waals surface area contributed by atoms with Crippen LogP contribution in [0.4, 0.5) is 0 Å². The van der Waals surface area contributed by atoms with Crippen molar-refractivity contribution in [2.75, 3.05) is 0 Å². The van der Waals surface area contributed by atoms with Crippen molar-refractivity contribution in [1.29, 1.82) is 0 Å². The van der Waals surface area contributed by atoms with E-state index in [0.29, 0.717) is 5.56 Å². The second-order valence-electron chi connectivity index (χ2n) is 4.57. The number of carbonyl (C=O) groups excluding carboxylic acids is 2. The van der Waals surface area contributed by atoms with Crippen molar-refractivity contribution >= 4 is 34.0 Å². The van der Waals surface area contributed by atoms with Gasteiger partial charge in [-0.05, 0) is 23.8 Å². The van der Waals surface area contributed by atoms with Crippen LogP contribution in [-0.2, 0) is 16.1 Å². The summed E-state index contributed by atoms with van der Waals surface area (Å²) in [6.45, 7) is 0.253. The van der Waals surface area contributed by atoms with Crippen molar-refractivity contribution in [2.45, 2.75) is 6.54 Å². The van der Waals surface area contributed by atoms with Crippen LogP contribution in [0.2, 0.25) is 0 Å². The zero-order valence-electron chi connectivity index (χ0n) is 12.0. The van der Waals surface area contributed by atoms with Gasteiger partial charge < -0.3 is 10.4 Å². The first-order valence-electron chi connectivity index (χ1n) is 6.70. The molecule has 0 atom stereocenters. The number of nitrogens with one attached hydrogen (secondary N) is 2. The first kappa shape index (κ1) is 16.7. The highest BCUT2D eigenvalue weighted by Crippen LogP contribution is 2.19. The maximum absolute atomic E-state index is 11.6. The number of phenols is 1. The van der Waals surface area contributed by atoms with Crippen molar-refractivity contribution in [3.63, 3.8) is 0 Å². The number of aromatic hydroxyl groups is 1. The second kappa shape index (κ2) is 8.09. The number of nitrogens with zero attached hydrogens (tertiary/aromatic N) is 1. The van der Waals surface area contributed by atoms with E-state index in [-0.39, 0.29) is 12.3 Å². The molecule has 2 amide bonds. The Kier molecular flexibility index (Phi) is 5.87. The molecule has 0 fully saturated rings. The van der Waals surface area contributed by atoms with E-state index in [0.717, 1.165) is 10.0 Å². The number of phenolic OH excluding ortho intramolecular Hbond substituents is 1. The predicted molar refractivity (Wildman–Crippen MR) is 89.8 cm³/mol. The van der Waals surface area contributed by atoms with E-state index < -0.39 is 11.8 Å². The van der Waals surface area contributed by atoms with Crippen molar-refractivity contribution in [1.82, 2.24) is 10.7 Å². The largest absolute Gasteiger partial charge is 0.507 e. The van der Waals surface area contributed by atoms with E-state index in [1.54, 1.807) is 12.1 Å². The number of rotatable bonds is 4. The van der Waals surface area contributed by atoms with Crippen LogP contribution in [0.25, 0.3) is 0 Å². The van der Waals surface area contributed by atoms with Gasteiger partial charge in [0.2, 0.25) is 0 Å². The van der Waals surface area contributed by atoms with Crippen molar-refractivity contribution in [3.8, 4) is 5.75 Å². The third-order valence-corrected chi connectivity index (χ3v) is 3.35. The molecule has 23 heavy (non-hydrogen) atoms. The monoisotopic (exact) mass is 375 g/mol. The fraction of sp³-hybridized carbons (Fsp3) is 0.0625. The molecule has 0 unspecified atom stereocenters. The van der Waals surface area contributed by atoms with Gasteiger partial charge in [-0.3, -0.25) is 9.59 Å². The van der Waals surface area contributed by atoms with Crippen LogP contribution in [0.3, 0.4) is 0 Å². The topological polar surface area (TPSA) is 90.8 Å². The molecule has 2 rings (SSSR count). The molecule has 0 aliphatic rings. The molecule has 2 aromatic carbocycles. The zero-order valence-corrected chi connectivity index (χ0v) is 13.6. The van der Waals surface area contributed by atoms with Crippen LogP contribution < -0.4 is 10.7 Å². The molecule has 6 nitrogen and oxygen atoms in total. The Morgan fingerprint density at radius 1 is 1.13 bits per heavy atom. The molecule has 0 aliphatic carbocycles. The number of hydrogen-bond donors (Lipinski definition) is 3. The number of amides is 2. The highest BCUT2D eigenvalue weighted by molar-refractivity contribution is 9.10. The summed E-state index contributed by atoms with van der Waals surface area (Å²) in [7, 11) is 0.